The van der Waals surface area contributed by atoms with Crippen LogP contribution in [-0.2, 0) is 4.79 Å². The van der Waals surface area contributed by atoms with E-state index in [0.717, 1.165) is 43.5 Å². The van der Waals surface area contributed by atoms with Gasteiger partial charge in [0, 0.05) is 25.6 Å². The van der Waals surface area contributed by atoms with Crippen molar-refractivity contribution in [2.45, 2.75) is 58.0 Å². The molecule has 2 amide bonds. The van der Waals surface area contributed by atoms with E-state index in [2.05, 4.69) is 17.1 Å². The first-order valence-corrected chi connectivity index (χ1v) is 10.8. The number of hydrogen-bond acceptors (Lipinski definition) is 4. The number of nitrogens with one attached hydrogen (secondary N) is 1. The maximum atomic E-state index is 13.4. The van der Waals surface area contributed by atoms with Gasteiger partial charge in [-0.25, -0.2) is 0 Å². The Hall–Kier alpha value is -2.83. The highest BCUT2D eigenvalue weighted by molar-refractivity contribution is 5.94. The molecule has 2 atom stereocenters. The van der Waals surface area contributed by atoms with Crippen molar-refractivity contribution < 1.29 is 14.3 Å². The van der Waals surface area contributed by atoms with Crippen LogP contribution in [0.25, 0.3) is 11.3 Å². The molecule has 0 radical (unpaired) electrons. The quantitative estimate of drug-likeness (QED) is 0.837. The van der Waals surface area contributed by atoms with E-state index < -0.39 is 0 Å². The van der Waals surface area contributed by atoms with E-state index in [4.69, 9.17) is 4.74 Å². The average Bonchev–Trinajstić information content (AvgIpc) is 3.22. The van der Waals surface area contributed by atoms with Gasteiger partial charge < -0.3 is 14.5 Å². The van der Waals surface area contributed by atoms with Crippen LogP contribution in [-0.4, -0.2) is 63.1 Å². The number of benzene rings is 1. The lowest BCUT2D eigenvalue weighted by Gasteiger charge is -2.56. The van der Waals surface area contributed by atoms with Gasteiger partial charge in [0.2, 0.25) is 5.91 Å². The van der Waals surface area contributed by atoms with E-state index in [0.29, 0.717) is 24.5 Å². The number of likely N-dealkylation sites (tertiary alicyclic amines) is 2. The summed E-state index contributed by atoms with van der Waals surface area (Å²) in [6.45, 7) is 7.74. The highest BCUT2D eigenvalue weighted by Gasteiger charge is 2.49. The summed E-state index contributed by atoms with van der Waals surface area (Å²) in [5, 5.41) is 7.33. The zero-order valence-electron chi connectivity index (χ0n) is 18.0. The first-order valence-electron chi connectivity index (χ1n) is 10.8. The molecule has 1 aromatic carbocycles. The molecule has 1 aromatic heterocycles. The van der Waals surface area contributed by atoms with Crippen LogP contribution in [0.4, 0.5) is 0 Å². The lowest BCUT2D eigenvalue weighted by molar-refractivity contribution is -0.143. The molecular weight excluding hydrogens is 380 g/mol. The molecule has 0 unspecified atom stereocenters. The summed E-state index contributed by atoms with van der Waals surface area (Å²) >= 11 is 0. The molecular formula is C23H30N4O3. The Morgan fingerprint density at radius 1 is 1.27 bits per heavy atom. The monoisotopic (exact) mass is 410 g/mol. The molecule has 4 rings (SSSR count). The summed E-state index contributed by atoms with van der Waals surface area (Å²) in [6, 6.07) is 9.54. The molecule has 30 heavy (non-hydrogen) atoms. The second-order valence-corrected chi connectivity index (χ2v) is 8.38. The zero-order chi connectivity index (χ0) is 21.3. The third-order valence-corrected chi connectivity index (χ3v) is 6.56. The molecule has 3 heterocycles. The van der Waals surface area contributed by atoms with Crippen molar-refractivity contribution >= 4 is 11.8 Å². The van der Waals surface area contributed by atoms with Gasteiger partial charge in [-0.3, -0.25) is 14.7 Å². The molecule has 2 saturated heterocycles. The molecule has 2 aliphatic rings. The van der Waals surface area contributed by atoms with Gasteiger partial charge in [-0.2, -0.15) is 5.10 Å². The smallest absolute Gasteiger partial charge is 0.272 e. The van der Waals surface area contributed by atoms with Gasteiger partial charge >= 0.3 is 0 Å². The standard InChI is InChI=1S/C23H30N4O3/c1-4-30-20-10-6-5-9-17(20)18-15-19(25-24-18)22(29)26-13-8-12-23(3)21(26)11-7-14-27(23)16(2)28/h5-6,9-10,15,21H,4,7-8,11-14H2,1-3H3,(H,24,25)/t21-,23+/m1/s1. The fraction of sp³-hybridized carbons (Fsp3) is 0.522. The van der Waals surface area contributed by atoms with E-state index in [1.807, 2.05) is 41.0 Å². The Kier molecular flexibility index (Phi) is 5.54. The van der Waals surface area contributed by atoms with Crippen molar-refractivity contribution in [1.29, 1.82) is 0 Å². The molecule has 7 heteroatoms. The largest absolute Gasteiger partial charge is 0.493 e. The number of amides is 2. The summed E-state index contributed by atoms with van der Waals surface area (Å²) in [5.74, 6) is 0.789. The van der Waals surface area contributed by atoms with Gasteiger partial charge in [-0.15, -0.1) is 0 Å². The van der Waals surface area contributed by atoms with Gasteiger partial charge in [0.15, 0.2) is 0 Å². The van der Waals surface area contributed by atoms with Gasteiger partial charge in [0.05, 0.1) is 23.9 Å². The van der Waals surface area contributed by atoms with Crippen molar-refractivity contribution in [2.75, 3.05) is 19.7 Å². The Morgan fingerprint density at radius 2 is 2.07 bits per heavy atom. The minimum absolute atomic E-state index is 0.0267. The molecule has 2 fully saturated rings. The maximum absolute atomic E-state index is 13.4. The molecule has 7 nitrogen and oxygen atoms in total. The minimum atomic E-state index is -0.303. The van der Waals surface area contributed by atoms with E-state index in [9.17, 15) is 9.59 Å². The predicted molar refractivity (Wildman–Crippen MR) is 114 cm³/mol. The fourth-order valence-electron chi connectivity index (χ4n) is 5.19. The Bertz CT molecular complexity index is 940. The summed E-state index contributed by atoms with van der Waals surface area (Å²) < 4.78 is 5.71. The molecule has 0 aliphatic carbocycles. The number of hydrogen-bond donors (Lipinski definition) is 1. The number of aromatic amines is 1. The topological polar surface area (TPSA) is 78.5 Å². The third kappa shape index (κ3) is 3.46. The van der Waals surface area contributed by atoms with Crippen LogP contribution in [0.15, 0.2) is 30.3 Å². The Labute approximate surface area is 177 Å². The fourth-order valence-corrected chi connectivity index (χ4v) is 5.19. The molecule has 160 valence electrons. The molecule has 0 saturated carbocycles. The van der Waals surface area contributed by atoms with Gasteiger partial charge in [0.25, 0.3) is 5.91 Å². The average molecular weight is 411 g/mol. The van der Waals surface area contributed by atoms with E-state index in [1.165, 1.54) is 0 Å². The van der Waals surface area contributed by atoms with Gasteiger partial charge in [0.1, 0.15) is 11.4 Å². The molecule has 0 spiro atoms. The number of fused-ring (bicyclic) bond motifs is 1. The van der Waals surface area contributed by atoms with Crippen LogP contribution in [0, 0.1) is 0 Å². The first-order chi connectivity index (χ1) is 14.5. The number of para-hydroxylation sites is 1. The van der Waals surface area contributed by atoms with Crippen LogP contribution < -0.4 is 4.74 Å². The second kappa shape index (κ2) is 8.13. The van der Waals surface area contributed by atoms with Crippen LogP contribution in [0.5, 0.6) is 5.75 Å². The van der Waals surface area contributed by atoms with Crippen LogP contribution in [0.2, 0.25) is 0 Å². The van der Waals surface area contributed by atoms with Crippen molar-refractivity contribution in [3.05, 3.63) is 36.0 Å². The van der Waals surface area contributed by atoms with Crippen LogP contribution in [0.1, 0.15) is 56.9 Å². The summed E-state index contributed by atoms with van der Waals surface area (Å²) in [6.07, 6.45) is 3.65. The molecule has 2 aromatic rings. The number of carbonyl (C=O) groups excluding carboxylic acids is 2. The number of carbonyl (C=O) groups is 2. The van der Waals surface area contributed by atoms with Crippen LogP contribution >= 0.6 is 0 Å². The summed E-state index contributed by atoms with van der Waals surface area (Å²) in [5.41, 5.74) is 1.72. The number of nitrogens with zero attached hydrogens (tertiary/aromatic N) is 3. The first kappa shape index (κ1) is 20.4. The maximum Gasteiger partial charge on any atom is 0.272 e. The number of ether oxygens (including phenoxy) is 1. The number of H-pyrrole nitrogens is 1. The highest BCUT2D eigenvalue weighted by Crippen LogP contribution is 2.40. The Morgan fingerprint density at radius 3 is 2.83 bits per heavy atom. The van der Waals surface area contributed by atoms with Crippen molar-refractivity contribution in [2.24, 2.45) is 0 Å². The molecule has 2 aliphatic heterocycles. The van der Waals surface area contributed by atoms with Crippen LogP contribution in [0.3, 0.4) is 0 Å². The van der Waals surface area contributed by atoms with Gasteiger partial charge in [-0.05, 0) is 57.7 Å². The SMILES string of the molecule is CCOc1ccccc1-c1cc(C(=O)N2CCC[C@@]3(C)[C@H]2CCCN3C(C)=O)[nH]n1. The predicted octanol–water partition coefficient (Wildman–Crippen LogP) is 3.48. The second-order valence-electron chi connectivity index (χ2n) is 8.38. The van der Waals surface area contributed by atoms with Gasteiger partial charge in [-0.1, -0.05) is 12.1 Å². The summed E-state index contributed by atoms with van der Waals surface area (Å²) in [7, 11) is 0. The van der Waals surface area contributed by atoms with Crippen molar-refractivity contribution in [3.63, 3.8) is 0 Å². The molecule has 1 N–H and O–H groups in total. The lowest BCUT2D eigenvalue weighted by Crippen LogP contribution is -2.68. The number of rotatable bonds is 4. The normalized spacial score (nSPS) is 23.8. The van der Waals surface area contributed by atoms with E-state index in [1.54, 1.807) is 13.0 Å². The van der Waals surface area contributed by atoms with E-state index in [-0.39, 0.29) is 23.4 Å². The number of aromatic nitrogens is 2. The zero-order valence-corrected chi connectivity index (χ0v) is 18.0. The lowest BCUT2D eigenvalue weighted by atomic mass is 9.76. The van der Waals surface area contributed by atoms with Crippen molar-refractivity contribution in [1.82, 2.24) is 20.0 Å². The third-order valence-electron chi connectivity index (χ3n) is 6.56. The Balaban J connectivity index is 1.61. The number of piperidine rings is 2. The molecule has 0 bridgehead atoms. The summed E-state index contributed by atoms with van der Waals surface area (Å²) in [4.78, 5) is 29.6. The highest BCUT2D eigenvalue weighted by atomic mass is 16.5. The van der Waals surface area contributed by atoms with Crippen molar-refractivity contribution in [3.8, 4) is 17.0 Å². The van der Waals surface area contributed by atoms with E-state index >= 15 is 0 Å². The minimum Gasteiger partial charge on any atom is -0.493 e.